The largest absolute Gasteiger partial charge is 1.00 e. The van der Waals surface area contributed by atoms with E-state index < -0.39 is 0 Å². The van der Waals surface area contributed by atoms with Gasteiger partial charge in [0.15, 0.2) is 0 Å². The summed E-state index contributed by atoms with van der Waals surface area (Å²) in [6, 6.07) is 0. The van der Waals surface area contributed by atoms with Crippen molar-refractivity contribution in [3.8, 4) is 0 Å². The molecule has 18 heavy (non-hydrogen) atoms. The third-order valence-electron chi connectivity index (χ3n) is 3.54. The van der Waals surface area contributed by atoms with Crippen LogP contribution in [0.5, 0.6) is 0 Å². The van der Waals surface area contributed by atoms with Crippen molar-refractivity contribution < 1.29 is 42.9 Å². The van der Waals surface area contributed by atoms with Gasteiger partial charge in [0.2, 0.25) is 0 Å². The standard InChI is InChI=1S/C14H34N2.2BrH/c1-7-9-11-15(3,4)13-14-16(5,6)12-10-8-2;;/h7-14H2,1-6H3;2*1H/q+2;;/p-2. The van der Waals surface area contributed by atoms with Crippen LogP contribution in [-0.4, -0.2) is 63.3 Å². The normalized spacial score (nSPS) is 11.7. The molecule has 0 N–H and O–H groups in total. The van der Waals surface area contributed by atoms with Crippen molar-refractivity contribution in [3.05, 3.63) is 0 Å². The summed E-state index contributed by atoms with van der Waals surface area (Å²) in [5.74, 6) is 0. The van der Waals surface area contributed by atoms with Crippen molar-refractivity contribution in [1.29, 1.82) is 0 Å². The van der Waals surface area contributed by atoms with Crippen LogP contribution >= 0.6 is 0 Å². The van der Waals surface area contributed by atoms with Crippen molar-refractivity contribution in [2.45, 2.75) is 39.5 Å². The van der Waals surface area contributed by atoms with Crippen molar-refractivity contribution >= 4 is 0 Å². The summed E-state index contributed by atoms with van der Waals surface area (Å²) in [6.45, 7) is 9.81. The Kier molecular flexibility index (Phi) is 15.5. The Hall–Kier alpha value is 0.880. The van der Waals surface area contributed by atoms with Crippen LogP contribution in [0.1, 0.15) is 39.5 Å². The molecule has 114 valence electrons. The van der Waals surface area contributed by atoms with E-state index in [0.717, 1.165) is 0 Å². The first-order valence-electron chi connectivity index (χ1n) is 6.97. The molecular weight excluding hydrogens is 356 g/mol. The molecule has 0 amide bonds. The summed E-state index contributed by atoms with van der Waals surface area (Å²) in [7, 11) is 9.48. The number of unbranched alkanes of at least 4 members (excludes halogenated alkanes) is 2. The lowest BCUT2D eigenvalue weighted by molar-refractivity contribution is -0.946. The zero-order chi connectivity index (χ0) is 12.7. The van der Waals surface area contributed by atoms with Gasteiger partial charge in [0, 0.05) is 0 Å². The van der Waals surface area contributed by atoms with Crippen LogP contribution in [-0.2, 0) is 0 Å². The van der Waals surface area contributed by atoms with E-state index in [1.807, 2.05) is 0 Å². The Morgan fingerprint density at radius 1 is 0.556 bits per heavy atom. The molecule has 0 rings (SSSR count). The van der Waals surface area contributed by atoms with Gasteiger partial charge in [0.05, 0.1) is 41.3 Å². The molecule has 0 aromatic carbocycles. The Labute approximate surface area is 136 Å². The minimum absolute atomic E-state index is 0. The Bertz CT molecular complexity index is 163. The fourth-order valence-corrected chi connectivity index (χ4v) is 1.94. The molecule has 0 saturated heterocycles. The molecule has 0 aromatic rings. The van der Waals surface area contributed by atoms with Gasteiger partial charge in [0.1, 0.15) is 13.1 Å². The first kappa shape index (κ1) is 23.9. The number of nitrogens with zero attached hydrogens (tertiary/aromatic N) is 2. The molecule has 0 aliphatic rings. The van der Waals surface area contributed by atoms with E-state index in [9.17, 15) is 0 Å². The predicted octanol–water partition coefficient (Wildman–Crippen LogP) is -3.25. The van der Waals surface area contributed by atoms with Gasteiger partial charge in [-0.05, 0) is 12.8 Å². The summed E-state index contributed by atoms with van der Waals surface area (Å²) in [5, 5.41) is 0. The lowest BCUT2D eigenvalue weighted by Gasteiger charge is -2.35. The molecule has 0 atom stereocenters. The van der Waals surface area contributed by atoms with E-state index in [0.29, 0.717) is 0 Å². The molecule has 4 heteroatoms. The number of rotatable bonds is 9. The van der Waals surface area contributed by atoms with E-state index in [2.05, 4.69) is 42.0 Å². The van der Waals surface area contributed by atoms with Crippen molar-refractivity contribution in [2.24, 2.45) is 0 Å². The van der Waals surface area contributed by atoms with Crippen LogP contribution in [0.25, 0.3) is 0 Å². The number of hydrogen-bond acceptors (Lipinski definition) is 0. The number of hydrogen-bond donors (Lipinski definition) is 0. The van der Waals surface area contributed by atoms with Gasteiger partial charge in [0.25, 0.3) is 0 Å². The number of halogens is 2. The van der Waals surface area contributed by atoms with Crippen molar-refractivity contribution in [1.82, 2.24) is 0 Å². The number of quaternary nitrogens is 2. The third-order valence-corrected chi connectivity index (χ3v) is 3.54. The van der Waals surface area contributed by atoms with E-state index in [4.69, 9.17) is 0 Å². The second-order valence-corrected chi connectivity index (χ2v) is 6.47. The maximum absolute atomic E-state index is 2.37. The van der Waals surface area contributed by atoms with Gasteiger partial charge < -0.3 is 42.9 Å². The van der Waals surface area contributed by atoms with Gasteiger partial charge >= 0.3 is 0 Å². The second-order valence-electron chi connectivity index (χ2n) is 6.47. The maximum atomic E-state index is 2.37. The van der Waals surface area contributed by atoms with Gasteiger partial charge in [-0.25, -0.2) is 0 Å². The summed E-state index contributed by atoms with van der Waals surface area (Å²) >= 11 is 0. The lowest BCUT2D eigenvalue weighted by Crippen LogP contribution is -3.00. The zero-order valence-electron chi connectivity index (χ0n) is 13.3. The molecule has 0 aromatic heterocycles. The quantitative estimate of drug-likeness (QED) is 0.363. The fraction of sp³-hybridized carbons (Fsp3) is 1.00. The molecule has 0 fully saturated rings. The summed E-state index contributed by atoms with van der Waals surface area (Å²) in [4.78, 5) is 0. The first-order chi connectivity index (χ1) is 7.33. The monoisotopic (exact) mass is 388 g/mol. The minimum Gasteiger partial charge on any atom is -1.00 e. The highest BCUT2D eigenvalue weighted by Gasteiger charge is 2.21. The molecular formula is C14H34Br2N2. The third kappa shape index (κ3) is 13.3. The minimum atomic E-state index is 0. The van der Waals surface area contributed by atoms with E-state index in [1.54, 1.807) is 0 Å². The predicted molar refractivity (Wildman–Crippen MR) is 73.5 cm³/mol. The van der Waals surface area contributed by atoms with Crippen LogP contribution in [0, 0.1) is 0 Å². The average molecular weight is 390 g/mol. The molecule has 0 radical (unpaired) electrons. The fourth-order valence-electron chi connectivity index (χ4n) is 1.94. The highest BCUT2D eigenvalue weighted by atomic mass is 79.9. The molecule has 0 aliphatic carbocycles. The van der Waals surface area contributed by atoms with E-state index >= 15 is 0 Å². The van der Waals surface area contributed by atoms with Crippen LogP contribution in [0.3, 0.4) is 0 Å². The maximum Gasteiger partial charge on any atom is 0.128 e. The summed E-state index contributed by atoms with van der Waals surface area (Å²) in [6.07, 6.45) is 5.34. The van der Waals surface area contributed by atoms with Crippen LogP contribution < -0.4 is 34.0 Å². The van der Waals surface area contributed by atoms with Gasteiger partial charge in [-0.3, -0.25) is 0 Å². The van der Waals surface area contributed by atoms with Crippen LogP contribution in [0.4, 0.5) is 0 Å². The Morgan fingerprint density at radius 2 is 0.833 bits per heavy atom. The molecule has 0 unspecified atom stereocenters. The average Bonchev–Trinajstić information content (AvgIpc) is 2.22. The highest BCUT2D eigenvalue weighted by molar-refractivity contribution is 4.40. The topological polar surface area (TPSA) is 0 Å². The summed E-state index contributed by atoms with van der Waals surface area (Å²) in [5.41, 5.74) is 0. The van der Waals surface area contributed by atoms with E-state index in [1.165, 1.54) is 60.8 Å². The van der Waals surface area contributed by atoms with Crippen LogP contribution in [0.2, 0.25) is 0 Å². The zero-order valence-corrected chi connectivity index (χ0v) is 16.5. The SMILES string of the molecule is CCCC[N+](C)(C)CC[N+](C)(C)CCCC.[Br-].[Br-]. The van der Waals surface area contributed by atoms with Gasteiger partial charge in [-0.2, -0.15) is 0 Å². The van der Waals surface area contributed by atoms with Gasteiger partial charge in [-0.1, -0.05) is 26.7 Å². The Morgan fingerprint density at radius 3 is 1.06 bits per heavy atom. The highest BCUT2D eigenvalue weighted by Crippen LogP contribution is 2.06. The molecule has 0 spiro atoms. The molecule has 0 bridgehead atoms. The first-order valence-corrected chi connectivity index (χ1v) is 6.97. The number of likely N-dealkylation sites (N-methyl/N-ethyl adjacent to an activating group) is 2. The van der Waals surface area contributed by atoms with E-state index in [-0.39, 0.29) is 34.0 Å². The molecule has 0 aliphatic heterocycles. The molecule has 2 nitrogen and oxygen atoms in total. The molecule has 0 heterocycles. The summed E-state index contributed by atoms with van der Waals surface area (Å²) < 4.78 is 2.36. The van der Waals surface area contributed by atoms with Crippen molar-refractivity contribution in [2.75, 3.05) is 54.4 Å². The van der Waals surface area contributed by atoms with Crippen molar-refractivity contribution in [3.63, 3.8) is 0 Å². The lowest BCUT2D eigenvalue weighted by atomic mass is 10.2. The molecule has 0 saturated carbocycles. The second kappa shape index (κ2) is 11.7. The Balaban J connectivity index is -0.00000112. The van der Waals surface area contributed by atoms with Gasteiger partial charge in [-0.15, -0.1) is 0 Å². The van der Waals surface area contributed by atoms with Crippen LogP contribution in [0.15, 0.2) is 0 Å². The smallest absolute Gasteiger partial charge is 0.128 e.